The van der Waals surface area contributed by atoms with Crippen LogP contribution in [0.4, 0.5) is 0 Å². The van der Waals surface area contributed by atoms with Gasteiger partial charge >= 0.3 is 0 Å². The van der Waals surface area contributed by atoms with Crippen molar-refractivity contribution in [1.82, 2.24) is 10.2 Å². The molecule has 0 radical (unpaired) electrons. The first-order valence-corrected chi connectivity index (χ1v) is 7.82. The smallest absolute Gasteiger partial charge is 0.230 e. The molecule has 0 bridgehead atoms. The average molecular weight is 299 g/mol. The number of nitrogens with zero attached hydrogens (tertiary/aromatic N) is 2. The van der Waals surface area contributed by atoms with E-state index in [1.807, 2.05) is 18.2 Å². The number of nitriles is 1. The van der Waals surface area contributed by atoms with Crippen LogP contribution in [-0.2, 0) is 11.3 Å². The standard InChI is InChI=1S/C17H21N3O2/c18-10-13-3-1-4-14(9-13)11-20-8-5-15(21)17(12-20)6-2-7-19-16(17)22/h1,3-4,9,15,21H,2,5-8,11-12H2,(H,19,22)/t15-,17-/m1/s1. The molecule has 1 aromatic carbocycles. The molecule has 2 heterocycles. The van der Waals surface area contributed by atoms with Crippen LogP contribution in [0.25, 0.3) is 0 Å². The summed E-state index contributed by atoms with van der Waals surface area (Å²) >= 11 is 0. The highest BCUT2D eigenvalue weighted by Gasteiger charge is 2.49. The minimum absolute atomic E-state index is 0.0123. The Morgan fingerprint density at radius 1 is 1.50 bits per heavy atom. The summed E-state index contributed by atoms with van der Waals surface area (Å²) in [7, 11) is 0. The van der Waals surface area contributed by atoms with Crippen LogP contribution in [0, 0.1) is 16.7 Å². The summed E-state index contributed by atoms with van der Waals surface area (Å²) in [4.78, 5) is 14.6. The Labute approximate surface area is 130 Å². The molecule has 1 amide bonds. The van der Waals surface area contributed by atoms with Crippen molar-refractivity contribution in [1.29, 1.82) is 5.26 Å². The van der Waals surface area contributed by atoms with E-state index in [9.17, 15) is 9.90 Å². The Hall–Kier alpha value is -1.90. The predicted molar refractivity (Wildman–Crippen MR) is 81.7 cm³/mol. The molecule has 0 unspecified atom stereocenters. The lowest BCUT2D eigenvalue weighted by Crippen LogP contribution is -2.61. The number of aliphatic hydroxyl groups is 1. The maximum atomic E-state index is 12.3. The van der Waals surface area contributed by atoms with E-state index in [4.69, 9.17) is 5.26 Å². The van der Waals surface area contributed by atoms with Gasteiger partial charge in [-0.25, -0.2) is 0 Å². The molecule has 0 aliphatic carbocycles. The Balaban J connectivity index is 1.75. The van der Waals surface area contributed by atoms with E-state index >= 15 is 0 Å². The van der Waals surface area contributed by atoms with Crippen molar-refractivity contribution in [3.05, 3.63) is 35.4 Å². The number of hydrogen-bond donors (Lipinski definition) is 2. The number of amides is 1. The van der Waals surface area contributed by atoms with E-state index in [0.29, 0.717) is 31.6 Å². The lowest BCUT2D eigenvalue weighted by molar-refractivity contribution is -0.149. The molecule has 22 heavy (non-hydrogen) atoms. The highest BCUT2D eigenvalue weighted by molar-refractivity contribution is 5.84. The molecule has 1 spiro atoms. The summed E-state index contributed by atoms with van der Waals surface area (Å²) in [5.74, 6) is -0.0123. The van der Waals surface area contributed by atoms with Crippen molar-refractivity contribution < 1.29 is 9.90 Å². The van der Waals surface area contributed by atoms with Crippen LogP contribution in [0.15, 0.2) is 24.3 Å². The first-order chi connectivity index (χ1) is 10.6. The molecule has 2 aliphatic rings. The molecule has 5 heteroatoms. The molecular formula is C17H21N3O2. The fourth-order valence-corrected chi connectivity index (χ4v) is 3.66. The Morgan fingerprint density at radius 3 is 3.14 bits per heavy atom. The molecule has 0 aromatic heterocycles. The minimum Gasteiger partial charge on any atom is -0.392 e. The van der Waals surface area contributed by atoms with Crippen LogP contribution in [0.3, 0.4) is 0 Å². The van der Waals surface area contributed by atoms with E-state index in [1.165, 1.54) is 0 Å². The van der Waals surface area contributed by atoms with E-state index in [2.05, 4.69) is 16.3 Å². The number of hydrogen-bond acceptors (Lipinski definition) is 4. The first-order valence-electron chi connectivity index (χ1n) is 7.82. The average Bonchev–Trinajstić information content (AvgIpc) is 2.54. The zero-order valence-corrected chi connectivity index (χ0v) is 12.6. The maximum Gasteiger partial charge on any atom is 0.230 e. The van der Waals surface area contributed by atoms with E-state index in [-0.39, 0.29) is 5.91 Å². The van der Waals surface area contributed by atoms with Crippen molar-refractivity contribution in [2.75, 3.05) is 19.6 Å². The minimum atomic E-state index is -0.663. The Bertz CT molecular complexity index is 610. The number of likely N-dealkylation sites (tertiary alicyclic amines) is 1. The molecule has 2 atom stereocenters. The first kappa shape index (κ1) is 15.0. The van der Waals surface area contributed by atoms with Crippen LogP contribution in [0.1, 0.15) is 30.4 Å². The number of rotatable bonds is 2. The topological polar surface area (TPSA) is 76.4 Å². The molecule has 2 saturated heterocycles. The van der Waals surface area contributed by atoms with Gasteiger partial charge in [0.25, 0.3) is 0 Å². The van der Waals surface area contributed by atoms with Gasteiger partial charge in [-0.05, 0) is 37.0 Å². The monoisotopic (exact) mass is 299 g/mol. The number of carbonyl (C=O) groups excluding carboxylic acids is 1. The summed E-state index contributed by atoms with van der Waals surface area (Å²) in [6, 6.07) is 9.72. The summed E-state index contributed by atoms with van der Waals surface area (Å²) in [6.45, 7) is 2.76. The summed E-state index contributed by atoms with van der Waals surface area (Å²) in [5, 5.41) is 22.3. The van der Waals surface area contributed by atoms with Gasteiger partial charge in [-0.3, -0.25) is 9.69 Å². The van der Waals surface area contributed by atoms with Crippen LogP contribution in [0.5, 0.6) is 0 Å². The third-order valence-electron chi connectivity index (χ3n) is 4.86. The molecule has 116 valence electrons. The lowest BCUT2D eigenvalue weighted by Gasteiger charge is -2.47. The van der Waals surface area contributed by atoms with Gasteiger partial charge in [0.1, 0.15) is 0 Å². The second-order valence-corrected chi connectivity index (χ2v) is 6.34. The Morgan fingerprint density at radius 2 is 2.36 bits per heavy atom. The van der Waals surface area contributed by atoms with Gasteiger partial charge in [-0.1, -0.05) is 12.1 Å². The zero-order chi connectivity index (χ0) is 15.6. The molecule has 2 fully saturated rings. The van der Waals surface area contributed by atoms with Gasteiger partial charge in [0.05, 0.1) is 23.2 Å². The van der Waals surface area contributed by atoms with Gasteiger partial charge in [-0.2, -0.15) is 5.26 Å². The van der Waals surface area contributed by atoms with Gasteiger partial charge in [0.2, 0.25) is 5.91 Å². The number of piperidine rings is 2. The fourth-order valence-electron chi connectivity index (χ4n) is 3.66. The molecule has 2 N–H and O–H groups in total. The quantitative estimate of drug-likeness (QED) is 0.855. The second kappa shape index (κ2) is 6.07. The molecular weight excluding hydrogens is 278 g/mol. The summed E-state index contributed by atoms with van der Waals surface area (Å²) in [6.07, 6.45) is 1.72. The normalized spacial score (nSPS) is 29.1. The van der Waals surface area contributed by atoms with Crippen LogP contribution in [-0.4, -0.2) is 41.7 Å². The van der Waals surface area contributed by atoms with E-state index in [1.54, 1.807) is 6.07 Å². The fraction of sp³-hybridized carbons (Fsp3) is 0.529. The van der Waals surface area contributed by atoms with Crippen molar-refractivity contribution in [3.63, 3.8) is 0 Å². The van der Waals surface area contributed by atoms with Crippen LogP contribution in [0.2, 0.25) is 0 Å². The van der Waals surface area contributed by atoms with Crippen molar-refractivity contribution >= 4 is 5.91 Å². The van der Waals surface area contributed by atoms with Gasteiger partial charge < -0.3 is 10.4 Å². The second-order valence-electron chi connectivity index (χ2n) is 6.34. The molecule has 3 rings (SSSR count). The van der Waals surface area contributed by atoms with Gasteiger partial charge in [-0.15, -0.1) is 0 Å². The van der Waals surface area contributed by atoms with Crippen LogP contribution < -0.4 is 5.32 Å². The summed E-state index contributed by atoms with van der Waals surface area (Å²) < 4.78 is 0. The van der Waals surface area contributed by atoms with Crippen molar-refractivity contribution in [2.24, 2.45) is 5.41 Å². The van der Waals surface area contributed by atoms with Gasteiger partial charge in [0.15, 0.2) is 0 Å². The molecule has 1 aromatic rings. The Kier molecular flexibility index (Phi) is 4.14. The SMILES string of the molecule is N#Cc1cccc(CN2CC[C@@H](O)[C@@]3(CCCNC3=O)C2)c1. The van der Waals surface area contributed by atoms with Crippen LogP contribution >= 0.6 is 0 Å². The number of aliphatic hydroxyl groups excluding tert-OH is 1. The molecule has 5 nitrogen and oxygen atoms in total. The van der Waals surface area contributed by atoms with Crippen molar-refractivity contribution in [3.8, 4) is 6.07 Å². The lowest BCUT2D eigenvalue weighted by atomic mass is 9.71. The maximum absolute atomic E-state index is 12.3. The van der Waals surface area contributed by atoms with E-state index < -0.39 is 11.5 Å². The molecule has 0 saturated carbocycles. The van der Waals surface area contributed by atoms with Gasteiger partial charge in [0, 0.05) is 26.2 Å². The largest absolute Gasteiger partial charge is 0.392 e. The zero-order valence-electron chi connectivity index (χ0n) is 12.6. The third-order valence-corrected chi connectivity index (χ3v) is 4.86. The molecule has 2 aliphatic heterocycles. The highest BCUT2D eigenvalue weighted by atomic mass is 16.3. The predicted octanol–water partition coefficient (Wildman–Crippen LogP) is 1.02. The van der Waals surface area contributed by atoms with Crippen molar-refractivity contribution in [2.45, 2.75) is 31.9 Å². The number of nitrogens with one attached hydrogen (secondary N) is 1. The third kappa shape index (κ3) is 2.72. The number of carbonyl (C=O) groups is 1. The van der Waals surface area contributed by atoms with E-state index in [0.717, 1.165) is 24.9 Å². The number of benzene rings is 1. The summed E-state index contributed by atoms with van der Waals surface area (Å²) in [5.41, 5.74) is 1.06. The highest BCUT2D eigenvalue weighted by Crippen LogP contribution is 2.37.